The summed E-state index contributed by atoms with van der Waals surface area (Å²) in [6.45, 7) is 2.43. The number of amides is 6. The largest absolute Gasteiger partial charge is 0.492 e. The molecule has 0 fully saturated rings. The third-order valence-corrected chi connectivity index (χ3v) is 8.74. The summed E-state index contributed by atoms with van der Waals surface area (Å²) >= 11 is 0. The Bertz CT molecular complexity index is 1770. The lowest BCUT2D eigenvalue weighted by Crippen LogP contribution is -2.57. The van der Waals surface area contributed by atoms with Crippen LogP contribution in [-0.4, -0.2) is 123 Å². The molecule has 0 unspecified atom stereocenters. The van der Waals surface area contributed by atoms with Crippen molar-refractivity contribution in [2.45, 2.75) is 63.3 Å². The molecule has 0 spiro atoms. The number of hydrogen-bond donors (Lipinski definition) is 9. The van der Waals surface area contributed by atoms with Crippen LogP contribution in [0.3, 0.4) is 0 Å². The zero-order valence-corrected chi connectivity index (χ0v) is 31.8. The zero-order chi connectivity index (χ0) is 41.4. The van der Waals surface area contributed by atoms with Gasteiger partial charge in [0.2, 0.25) is 35.4 Å². The molecule has 304 valence electrons. The fraction of sp³-hybridized carbons (Fsp3) is 0.486. The van der Waals surface area contributed by atoms with Crippen molar-refractivity contribution in [2.75, 3.05) is 53.0 Å². The first-order chi connectivity index (χ1) is 26.8. The number of nitrogens with zero attached hydrogens (tertiary/aromatic N) is 2. The van der Waals surface area contributed by atoms with Crippen LogP contribution in [0.1, 0.15) is 43.9 Å². The molecule has 2 aromatic rings. The smallest absolute Gasteiger partial charge is 0.248 e. The van der Waals surface area contributed by atoms with Gasteiger partial charge in [0, 0.05) is 51.2 Å². The van der Waals surface area contributed by atoms with E-state index in [-0.39, 0.29) is 64.2 Å². The first kappa shape index (κ1) is 44.6. The van der Waals surface area contributed by atoms with Crippen LogP contribution in [0.2, 0.25) is 0 Å². The number of aliphatic hydroxyl groups excluding tert-OH is 1. The Labute approximate surface area is 325 Å². The van der Waals surface area contributed by atoms with Crippen molar-refractivity contribution in [1.29, 1.82) is 5.26 Å². The minimum atomic E-state index is -1.44. The van der Waals surface area contributed by atoms with E-state index in [4.69, 9.17) is 31.9 Å². The molecule has 0 aromatic heterocycles. The van der Waals surface area contributed by atoms with Crippen LogP contribution in [0.4, 0.5) is 0 Å². The van der Waals surface area contributed by atoms with E-state index < -0.39 is 72.3 Å². The number of hydrogen-bond acceptors (Lipinski definition) is 13. The molecule has 2 aromatic carbocycles. The second-order valence-corrected chi connectivity index (χ2v) is 13.0. The highest BCUT2D eigenvalue weighted by molar-refractivity contribution is 5.97. The molecule has 3 rings (SSSR count). The Kier molecular flexibility index (Phi) is 17.5. The number of carbonyl (C=O) groups is 6. The summed E-state index contributed by atoms with van der Waals surface area (Å²) in [6.07, 6.45) is -0.202. The number of aliphatic hydroxyl groups is 1. The number of carbonyl (C=O) groups excluding carboxylic acids is 6. The van der Waals surface area contributed by atoms with E-state index in [2.05, 4.69) is 26.6 Å². The van der Waals surface area contributed by atoms with E-state index >= 15 is 0 Å². The van der Waals surface area contributed by atoms with Gasteiger partial charge in [-0.1, -0.05) is 12.1 Å². The SMILES string of the molecule is CC(=O)N[C@@H](CCO)C(=O)N[C@@H](CCN)C(=O)N(C)[C@@H]1C(=O)N[C@@H](C)C(=O)N[C@H](C(=O)NCC#N)Cc2ccc(OCCN)c(c2)-c2cc1ccc2OCCN. The summed E-state index contributed by atoms with van der Waals surface area (Å²) in [4.78, 5) is 81.5. The van der Waals surface area contributed by atoms with Crippen molar-refractivity contribution in [3.05, 3.63) is 47.5 Å². The maximum atomic E-state index is 14.3. The monoisotopic (exact) mass is 780 g/mol. The van der Waals surface area contributed by atoms with Crippen LogP contribution in [0.5, 0.6) is 11.5 Å². The lowest BCUT2D eigenvalue weighted by atomic mass is 9.93. The van der Waals surface area contributed by atoms with Crippen LogP contribution in [0, 0.1) is 11.3 Å². The summed E-state index contributed by atoms with van der Waals surface area (Å²) in [7, 11) is 1.35. The number of nitrogens with one attached hydrogen (secondary N) is 5. The van der Waals surface area contributed by atoms with E-state index in [1.807, 2.05) is 6.07 Å². The van der Waals surface area contributed by atoms with Crippen LogP contribution in [0.25, 0.3) is 11.1 Å². The Morgan fingerprint density at radius 2 is 1.57 bits per heavy atom. The molecule has 4 bridgehead atoms. The predicted octanol–water partition coefficient (Wildman–Crippen LogP) is -2.57. The average molecular weight is 781 g/mol. The number of benzene rings is 2. The first-order valence-electron chi connectivity index (χ1n) is 18.1. The minimum Gasteiger partial charge on any atom is -0.492 e. The number of rotatable bonds is 17. The van der Waals surface area contributed by atoms with Crippen molar-refractivity contribution < 1.29 is 43.3 Å². The minimum absolute atomic E-state index is 0.0122. The van der Waals surface area contributed by atoms with Crippen LogP contribution in [0.15, 0.2) is 36.4 Å². The highest BCUT2D eigenvalue weighted by atomic mass is 16.5. The van der Waals surface area contributed by atoms with Gasteiger partial charge in [0.25, 0.3) is 0 Å². The molecule has 1 heterocycles. The van der Waals surface area contributed by atoms with Gasteiger partial charge >= 0.3 is 0 Å². The van der Waals surface area contributed by atoms with Gasteiger partial charge in [-0.2, -0.15) is 5.26 Å². The van der Waals surface area contributed by atoms with Gasteiger partial charge in [-0.15, -0.1) is 0 Å². The van der Waals surface area contributed by atoms with Crippen molar-refractivity contribution in [2.24, 2.45) is 17.2 Å². The van der Waals surface area contributed by atoms with Gasteiger partial charge in [-0.05, 0) is 61.7 Å². The maximum absolute atomic E-state index is 14.3. The average Bonchev–Trinajstić information content (AvgIpc) is 3.17. The van der Waals surface area contributed by atoms with Gasteiger partial charge < -0.3 is 63.3 Å². The maximum Gasteiger partial charge on any atom is 0.248 e. The molecule has 0 radical (unpaired) electrons. The second kappa shape index (κ2) is 21.9. The number of nitriles is 1. The van der Waals surface area contributed by atoms with E-state index in [1.165, 1.54) is 20.9 Å². The molecule has 0 saturated carbocycles. The molecule has 56 heavy (non-hydrogen) atoms. The Hall–Kier alpha value is -5.81. The molecular weight excluding hydrogens is 728 g/mol. The van der Waals surface area contributed by atoms with Crippen molar-refractivity contribution in [3.63, 3.8) is 0 Å². The number of likely N-dealkylation sites (N-methyl/N-ethyl adjacent to an activating group) is 1. The quantitative estimate of drug-likeness (QED) is 0.0747. The fourth-order valence-corrected chi connectivity index (χ4v) is 6.05. The molecule has 0 saturated heterocycles. The van der Waals surface area contributed by atoms with E-state index in [9.17, 15) is 33.9 Å². The third kappa shape index (κ3) is 12.1. The Morgan fingerprint density at radius 1 is 0.929 bits per heavy atom. The van der Waals surface area contributed by atoms with Gasteiger partial charge in [0.1, 0.15) is 61.5 Å². The normalized spacial score (nSPS) is 17.7. The molecule has 5 atom stereocenters. The molecule has 0 aliphatic carbocycles. The number of nitrogens with two attached hydrogens (primary N) is 3. The van der Waals surface area contributed by atoms with Crippen molar-refractivity contribution >= 4 is 35.4 Å². The predicted molar refractivity (Wildman–Crippen MR) is 203 cm³/mol. The highest BCUT2D eigenvalue weighted by Crippen LogP contribution is 2.40. The zero-order valence-electron chi connectivity index (χ0n) is 31.8. The topological polar surface area (TPSA) is 306 Å². The molecule has 19 heteroatoms. The second-order valence-electron chi connectivity index (χ2n) is 13.0. The molecule has 1 aliphatic heterocycles. The van der Waals surface area contributed by atoms with Crippen molar-refractivity contribution in [1.82, 2.24) is 31.5 Å². The van der Waals surface area contributed by atoms with Gasteiger partial charge in [0.15, 0.2) is 0 Å². The Balaban J connectivity index is 2.26. The molecule has 19 nitrogen and oxygen atoms in total. The molecule has 12 N–H and O–H groups in total. The third-order valence-electron chi connectivity index (χ3n) is 8.74. The van der Waals surface area contributed by atoms with E-state index in [1.54, 1.807) is 36.4 Å². The standard InChI is InChI=1S/C37H52N10O9/c1-21-33(50)46-29(34(51)42-14-11-39)19-23-4-6-30(55-16-12-40)25(18-23)26-20-24(5-7-31(26)56-17-13-41)32(36(53)43-21)47(3)37(54)28(8-10-38)45-35(52)27(9-15-48)44-22(2)49/h4-7,18,20-21,27-29,32,48H,8-10,12-17,19,38,40-41H2,1-3H3,(H,42,51)(H,43,53)(H,44,49)(H,45,52)(H,46,50)/t21-,27-,28-,29-,32-/m0/s1. The summed E-state index contributed by atoms with van der Waals surface area (Å²) in [5.41, 5.74) is 19.1. The molecule has 1 aliphatic rings. The summed E-state index contributed by atoms with van der Waals surface area (Å²) in [6, 6.07) is 5.49. The highest BCUT2D eigenvalue weighted by Gasteiger charge is 2.36. The first-order valence-corrected chi connectivity index (χ1v) is 18.1. The van der Waals surface area contributed by atoms with E-state index in [0.717, 1.165) is 4.90 Å². The van der Waals surface area contributed by atoms with Crippen LogP contribution < -0.4 is 53.3 Å². The summed E-state index contributed by atoms with van der Waals surface area (Å²) < 4.78 is 12.0. The van der Waals surface area contributed by atoms with Gasteiger partial charge in [-0.3, -0.25) is 28.8 Å². The fourth-order valence-electron chi connectivity index (χ4n) is 6.05. The molecule has 6 amide bonds. The molecular formula is C37H52N10O9. The van der Waals surface area contributed by atoms with E-state index in [0.29, 0.717) is 28.2 Å². The number of fused-ring (bicyclic) bond motifs is 5. The van der Waals surface area contributed by atoms with Crippen LogP contribution in [-0.2, 0) is 35.2 Å². The summed E-state index contributed by atoms with van der Waals surface area (Å²) in [5, 5.41) is 31.4. The Morgan fingerprint density at radius 3 is 2.16 bits per heavy atom. The number of ether oxygens (including phenoxy) is 2. The lowest BCUT2D eigenvalue weighted by Gasteiger charge is -2.33. The van der Waals surface area contributed by atoms with Crippen molar-refractivity contribution in [3.8, 4) is 28.7 Å². The summed E-state index contributed by atoms with van der Waals surface area (Å²) in [5.74, 6) is -3.46. The van der Waals surface area contributed by atoms with Crippen LogP contribution >= 0.6 is 0 Å². The van der Waals surface area contributed by atoms with Gasteiger partial charge in [-0.25, -0.2) is 0 Å². The van der Waals surface area contributed by atoms with Gasteiger partial charge in [0.05, 0.1) is 6.07 Å². The lowest BCUT2D eigenvalue weighted by molar-refractivity contribution is -0.143.